The standard InChI is InChI=1S/C21H22ClN9O2/c22-13-3-1-4-14-16(13)20(32)31(28-9-11-33-12-10-28)17(25-14)15-5-2-7-29(15)19-18-24-6-8-30(18)27-21(23)26-19/h1,3-4,6,8,15H,2,5,7,9-12H2,(H2,23,27)/t15-/m0/s1. The molecule has 0 amide bonds. The molecular weight excluding hydrogens is 446 g/mol. The van der Waals surface area contributed by atoms with Gasteiger partial charge in [-0.25, -0.2) is 19.2 Å². The van der Waals surface area contributed by atoms with Crippen LogP contribution in [-0.2, 0) is 4.74 Å². The van der Waals surface area contributed by atoms with Gasteiger partial charge in [-0.3, -0.25) is 4.79 Å². The van der Waals surface area contributed by atoms with E-state index in [2.05, 4.69) is 20.0 Å². The number of nitrogens with two attached hydrogens (primary N) is 1. The maximum atomic E-state index is 13.8. The number of nitrogen functional groups attached to an aromatic ring is 1. The molecule has 33 heavy (non-hydrogen) atoms. The van der Waals surface area contributed by atoms with Crippen molar-refractivity contribution >= 4 is 39.9 Å². The number of hydrogen-bond donors (Lipinski definition) is 1. The Morgan fingerprint density at radius 2 is 2.00 bits per heavy atom. The zero-order chi connectivity index (χ0) is 22.5. The number of nitrogens with zero attached hydrogens (tertiary/aromatic N) is 8. The van der Waals surface area contributed by atoms with Gasteiger partial charge in [0.2, 0.25) is 5.95 Å². The zero-order valence-electron chi connectivity index (χ0n) is 17.8. The average Bonchev–Trinajstić information content (AvgIpc) is 3.48. The van der Waals surface area contributed by atoms with E-state index in [1.807, 2.05) is 17.1 Å². The maximum absolute atomic E-state index is 13.8. The van der Waals surface area contributed by atoms with Crippen LogP contribution in [0.3, 0.4) is 0 Å². The van der Waals surface area contributed by atoms with E-state index in [1.54, 1.807) is 27.7 Å². The fourth-order valence-corrected chi connectivity index (χ4v) is 5.00. The molecule has 2 N–H and O–H groups in total. The van der Waals surface area contributed by atoms with Gasteiger partial charge in [0.15, 0.2) is 17.3 Å². The molecule has 3 aromatic heterocycles. The summed E-state index contributed by atoms with van der Waals surface area (Å²) in [6.07, 6.45) is 5.12. The number of ether oxygens (including phenoxy) is 1. The summed E-state index contributed by atoms with van der Waals surface area (Å²) >= 11 is 6.43. The van der Waals surface area contributed by atoms with Gasteiger partial charge in [0.1, 0.15) is 0 Å². The molecule has 1 atom stereocenters. The van der Waals surface area contributed by atoms with Gasteiger partial charge in [-0.1, -0.05) is 17.7 Å². The number of fused-ring (bicyclic) bond motifs is 2. The lowest BCUT2D eigenvalue weighted by atomic mass is 10.1. The summed E-state index contributed by atoms with van der Waals surface area (Å²) < 4.78 is 8.83. The third-order valence-electron chi connectivity index (χ3n) is 6.20. The molecular formula is C21H22ClN9O2. The molecule has 2 fully saturated rings. The van der Waals surface area contributed by atoms with E-state index in [1.165, 1.54) is 0 Å². The molecule has 0 bridgehead atoms. The van der Waals surface area contributed by atoms with Gasteiger partial charge in [-0.2, -0.15) is 4.98 Å². The number of morpholine rings is 1. The molecule has 2 saturated heterocycles. The van der Waals surface area contributed by atoms with Crippen molar-refractivity contribution in [1.82, 2.24) is 29.2 Å². The molecule has 2 aliphatic rings. The van der Waals surface area contributed by atoms with Crippen molar-refractivity contribution in [3.05, 3.63) is 51.8 Å². The second kappa shape index (κ2) is 7.85. The summed E-state index contributed by atoms with van der Waals surface area (Å²) in [5.41, 5.74) is 7.00. The number of anilines is 2. The number of halogens is 1. The zero-order valence-corrected chi connectivity index (χ0v) is 18.5. The Bertz CT molecular complexity index is 1410. The Balaban J connectivity index is 1.56. The Morgan fingerprint density at radius 3 is 2.85 bits per heavy atom. The highest BCUT2D eigenvalue weighted by molar-refractivity contribution is 6.35. The molecule has 0 aliphatic carbocycles. The Hall–Kier alpha value is -3.44. The van der Waals surface area contributed by atoms with E-state index < -0.39 is 0 Å². The number of aromatic nitrogens is 6. The largest absolute Gasteiger partial charge is 0.378 e. The van der Waals surface area contributed by atoms with E-state index in [4.69, 9.17) is 27.1 Å². The van der Waals surface area contributed by atoms with Crippen LogP contribution in [0.4, 0.5) is 11.8 Å². The molecule has 6 rings (SSSR count). The smallest absolute Gasteiger partial charge is 0.281 e. The van der Waals surface area contributed by atoms with E-state index in [0.29, 0.717) is 59.5 Å². The van der Waals surface area contributed by atoms with E-state index in [9.17, 15) is 4.79 Å². The minimum atomic E-state index is -0.196. The van der Waals surface area contributed by atoms with E-state index >= 15 is 0 Å². The Labute approximate surface area is 193 Å². The summed E-state index contributed by atoms with van der Waals surface area (Å²) in [4.78, 5) is 29.8. The van der Waals surface area contributed by atoms with E-state index in [0.717, 1.165) is 19.4 Å². The molecule has 0 unspecified atom stereocenters. The third kappa shape index (κ3) is 3.26. The lowest BCUT2D eigenvalue weighted by Crippen LogP contribution is -2.51. The van der Waals surface area contributed by atoms with Crippen molar-refractivity contribution in [2.24, 2.45) is 0 Å². The number of benzene rings is 1. The van der Waals surface area contributed by atoms with Crippen LogP contribution in [0.25, 0.3) is 16.6 Å². The van der Waals surface area contributed by atoms with Crippen LogP contribution in [0.15, 0.2) is 35.4 Å². The molecule has 4 aromatic rings. The SMILES string of the molecule is Nc1nc(N2CCC[C@H]2c2nc3cccc(Cl)c3c(=O)n2N2CCOCC2)c2nccn2n1. The minimum absolute atomic E-state index is 0.157. The van der Waals surface area contributed by atoms with Crippen LogP contribution in [0.5, 0.6) is 0 Å². The molecule has 11 nitrogen and oxygen atoms in total. The average molecular weight is 468 g/mol. The lowest BCUT2D eigenvalue weighted by molar-refractivity contribution is 0.110. The first-order valence-electron chi connectivity index (χ1n) is 10.9. The van der Waals surface area contributed by atoms with Crippen molar-refractivity contribution < 1.29 is 4.74 Å². The summed E-state index contributed by atoms with van der Waals surface area (Å²) in [7, 11) is 0. The first-order valence-corrected chi connectivity index (χ1v) is 11.3. The van der Waals surface area contributed by atoms with Gasteiger partial charge in [0.05, 0.1) is 48.3 Å². The second-order valence-electron chi connectivity index (χ2n) is 8.13. The van der Waals surface area contributed by atoms with Crippen molar-refractivity contribution in [3.8, 4) is 0 Å². The monoisotopic (exact) mass is 467 g/mol. The van der Waals surface area contributed by atoms with Gasteiger partial charge in [0, 0.05) is 18.9 Å². The molecule has 170 valence electrons. The minimum Gasteiger partial charge on any atom is -0.378 e. The van der Waals surface area contributed by atoms with Gasteiger partial charge >= 0.3 is 0 Å². The van der Waals surface area contributed by atoms with Crippen molar-refractivity contribution in [2.75, 3.05) is 48.5 Å². The molecule has 1 aromatic carbocycles. The quantitative estimate of drug-likeness (QED) is 0.476. The van der Waals surface area contributed by atoms with Gasteiger partial charge < -0.3 is 20.4 Å². The first-order chi connectivity index (χ1) is 16.1. The maximum Gasteiger partial charge on any atom is 0.281 e. The normalized spacial score (nSPS) is 19.1. The van der Waals surface area contributed by atoms with Crippen LogP contribution in [0.2, 0.25) is 5.02 Å². The van der Waals surface area contributed by atoms with Crippen molar-refractivity contribution in [3.63, 3.8) is 0 Å². The Morgan fingerprint density at radius 1 is 1.15 bits per heavy atom. The number of hydrogen-bond acceptors (Lipinski definition) is 9. The molecule has 0 saturated carbocycles. The molecule has 0 radical (unpaired) electrons. The summed E-state index contributed by atoms with van der Waals surface area (Å²) in [6.45, 7) is 2.98. The van der Waals surface area contributed by atoms with Crippen LogP contribution < -0.4 is 21.2 Å². The molecule has 0 spiro atoms. The summed E-state index contributed by atoms with van der Waals surface area (Å²) in [5.74, 6) is 1.44. The summed E-state index contributed by atoms with van der Waals surface area (Å²) in [6, 6.07) is 5.16. The van der Waals surface area contributed by atoms with Crippen LogP contribution in [-0.4, -0.2) is 62.1 Å². The number of rotatable bonds is 3. The van der Waals surface area contributed by atoms with Gasteiger partial charge in [0.25, 0.3) is 5.56 Å². The molecule has 2 aliphatic heterocycles. The topological polar surface area (TPSA) is 120 Å². The van der Waals surface area contributed by atoms with Gasteiger partial charge in [-0.05, 0) is 25.0 Å². The Kier molecular flexibility index (Phi) is 4.80. The van der Waals surface area contributed by atoms with E-state index in [-0.39, 0.29) is 17.5 Å². The van der Waals surface area contributed by atoms with Crippen LogP contribution >= 0.6 is 11.6 Å². The van der Waals surface area contributed by atoms with Crippen LogP contribution in [0.1, 0.15) is 24.7 Å². The highest BCUT2D eigenvalue weighted by Gasteiger charge is 2.35. The molecule has 5 heterocycles. The lowest BCUT2D eigenvalue weighted by Gasteiger charge is -2.34. The fourth-order valence-electron chi connectivity index (χ4n) is 4.75. The highest BCUT2D eigenvalue weighted by atomic mass is 35.5. The fraction of sp³-hybridized carbons (Fsp3) is 0.381. The first kappa shape index (κ1) is 20.2. The predicted octanol–water partition coefficient (Wildman–Crippen LogP) is 1.38. The second-order valence-corrected chi connectivity index (χ2v) is 8.53. The summed E-state index contributed by atoms with van der Waals surface area (Å²) in [5, 5.41) is 7.01. The van der Waals surface area contributed by atoms with Crippen molar-refractivity contribution in [2.45, 2.75) is 18.9 Å². The van der Waals surface area contributed by atoms with Gasteiger partial charge in [-0.15, -0.1) is 5.10 Å². The number of imidazole rings is 1. The molecule has 12 heteroatoms. The third-order valence-corrected chi connectivity index (χ3v) is 6.51. The predicted molar refractivity (Wildman–Crippen MR) is 124 cm³/mol. The van der Waals surface area contributed by atoms with Crippen molar-refractivity contribution in [1.29, 1.82) is 0 Å². The van der Waals surface area contributed by atoms with Crippen LogP contribution in [0, 0.1) is 0 Å². The highest BCUT2D eigenvalue weighted by Crippen LogP contribution is 2.36.